The predicted molar refractivity (Wildman–Crippen MR) is 279 cm³/mol. The van der Waals surface area contributed by atoms with Crippen molar-refractivity contribution in [3.05, 3.63) is 102 Å². The van der Waals surface area contributed by atoms with E-state index in [9.17, 15) is 43.2 Å². The summed E-state index contributed by atoms with van der Waals surface area (Å²) in [6.45, 7) is 4.78. The van der Waals surface area contributed by atoms with Crippen LogP contribution >= 0.6 is 0 Å². The van der Waals surface area contributed by atoms with E-state index in [1.807, 2.05) is 18.2 Å². The van der Waals surface area contributed by atoms with Crippen molar-refractivity contribution in [2.75, 3.05) is 68.2 Å². The van der Waals surface area contributed by atoms with Gasteiger partial charge in [0, 0.05) is 46.7 Å². The van der Waals surface area contributed by atoms with Crippen molar-refractivity contribution < 1.29 is 66.8 Å². The van der Waals surface area contributed by atoms with Crippen molar-refractivity contribution in [1.29, 1.82) is 0 Å². The van der Waals surface area contributed by atoms with Crippen LogP contribution in [0.4, 0.5) is 0 Å². The summed E-state index contributed by atoms with van der Waals surface area (Å²) in [4.78, 5) is 128. The molecule has 2 heterocycles. The lowest BCUT2D eigenvalue weighted by molar-refractivity contribution is -0.165. The molecule has 6 amide bonds. The number of likely N-dealkylation sites (N-methyl/N-ethyl adjacent to an activating group) is 3. The second-order valence-electron chi connectivity index (χ2n) is 19.7. The number of carbonyl (C=O) groups excluding carboxylic acids is 9. The van der Waals surface area contributed by atoms with Crippen LogP contribution in [0.3, 0.4) is 0 Å². The Bertz CT molecular complexity index is 2600. The van der Waals surface area contributed by atoms with E-state index in [1.165, 1.54) is 83.8 Å². The van der Waals surface area contributed by atoms with Gasteiger partial charge >= 0.3 is 11.9 Å². The Kier molecular flexibility index (Phi) is 21.5. The van der Waals surface area contributed by atoms with Crippen LogP contribution < -0.4 is 24.8 Å². The molecule has 3 aromatic rings. The quantitative estimate of drug-likeness (QED) is 0.253. The zero-order chi connectivity index (χ0) is 55.7. The van der Waals surface area contributed by atoms with Gasteiger partial charge in [-0.1, -0.05) is 54.6 Å². The fourth-order valence-electron chi connectivity index (χ4n) is 8.73. The van der Waals surface area contributed by atoms with Crippen LogP contribution in [0.5, 0.6) is 17.2 Å². The number of hydrogen-bond acceptors (Lipinski definition) is 14. The Morgan fingerprint density at radius 3 is 2.16 bits per heavy atom. The average molecular weight is 1050 g/mol. The number of esters is 2. The number of ketones is 1. The summed E-state index contributed by atoms with van der Waals surface area (Å²) in [6, 6.07) is 16.7. The van der Waals surface area contributed by atoms with Crippen LogP contribution in [0.2, 0.25) is 0 Å². The number of Topliss-reactive ketones (excluding diaryl/α,β-unsaturated/α-hetero) is 1. The summed E-state index contributed by atoms with van der Waals surface area (Å²) in [6.07, 6.45) is 4.01. The van der Waals surface area contributed by atoms with E-state index in [0.717, 1.165) is 22.1 Å². The number of carbonyl (C=O) groups is 9. The number of aryl methyl sites for hydroxylation is 1. The van der Waals surface area contributed by atoms with E-state index >= 15 is 0 Å². The molecule has 0 radical (unpaired) electrons. The molecule has 0 spiro atoms. The summed E-state index contributed by atoms with van der Waals surface area (Å²) in [5.41, 5.74) is 0.596. The minimum absolute atomic E-state index is 0.0824. The summed E-state index contributed by atoms with van der Waals surface area (Å²) in [5, 5.41) is 5.34. The van der Waals surface area contributed by atoms with E-state index in [4.69, 9.17) is 23.7 Å². The molecule has 2 N–H and O–H groups in total. The first-order valence-electron chi connectivity index (χ1n) is 25.4. The fraction of sp³-hybridized carbons (Fsp3) is 0.482. The van der Waals surface area contributed by atoms with Gasteiger partial charge in [0.15, 0.2) is 18.1 Å². The maximum absolute atomic E-state index is 14.3. The van der Waals surface area contributed by atoms with Crippen molar-refractivity contribution in [1.82, 2.24) is 30.2 Å². The van der Waals surface area contributed by atoms with Crippen LogP contribution in [-0.4, -0.2) is 165 Å². The molecule has 2 aliphatic rings. The molecule has 410 valence electrons. The molecule has 20 heteroatoms. The third kappa shape index (κ3) is 16.4. The Labute approximate surface area is 444 Å². The third-order valence-corrected chi connectivity index (χ3v) is 13.3. The Morgan fingerprint density at radius 2 is 1.45 bits per heavy atom. The Balaban J connectivity index is 1.41. The summed E-state index contributed by atoms with van der Waals surface area (Å²) >= 11 is 0. The molecule has 0 aromatic heterocycles. The second kappa shape index (κ2) is 27.7. The van der Waals surface area contributed by atoms with Gasteiger partial charge in [-0.2, -0.15) is 0 Å². The van der Waals surface area contributed by atoms with Crippen LogP contribution in [0.1, 0.15) is 82.6 Å². The van der Waals surface area contributed by atoms with Gasteiger partial charge in [-0.15, -0.1) is 0 Å². The lowest BCUT2D eigenvalue weighted by Gasteiger charge is -2.36. The number of cyclic esters (lactones) is 2. The molecule has 0 unspecified atom stereocenters. The number of piperidine rings is 1. The van der Waals surface area contributed by atoms with Gasteiger partial charge in [0.2, 0.25) is 29.4 Å². The van der Waals surface area contributed by atoms with Gasteiger partial charge in [-0.25, -0.2) is 9.59 Å². The van der Waals surface area contributed by atoms with E-state index in [2.05, 4.69) is 10.6 Å². The van der Waals surface area contributed by atoms with Crippen LogP contribution in [0.15, 0.2) is 84.9 Å². The number of ether oxygens (including phenoxy) is 5. The molecule has 5 rings (SSSR count). The summed E-state index contributed by atoms with van der Waals surface area (Å²) < 4.78 is 28.5. The highest BCUT2D eigenvalue weighted by atomic mass is 16.5. The number of fused-ring (bicyclic) bond motifs is 3. The van der Waals surface area contributed by atoms with Crippen molar-refractivity contribution in [2.24, 2.45) is 5.41 Å². The normalized spacial score (nSPS) is 23.2. The van der Waals surface area contributed by atoms with E-state index in [1.54, 1.807) is 54.6 Å². The molecular weight excluding hydrogens is 981 g/mol. The van der Waals surface area contributed by atoms with Gasteiger partial charge in [-0.3, -0.25) is 33.6 Å². The molecule has 76 heavy (non-hydrogen) atoms. The van der Waals surface area contributed by atoms with Crippen LogP contribution in [0.25, 0.3) is 0 Å². The Morgan fingerprint density at radius 1 is 0.737 bits per heavy atom. The smallest absolute Gasteiger partial charge is 0.330 e. The zero-order valence-electron chi connectivity index (χ0n) is 45.0. The topological polar surface area (TPSA) is 237 Å². The van der Waals surface area contributed by atoms with Crippen LogP contribution in [-0.2, 0) is 65.5 Å². The minimum atomic E-state index is -1.48. The first-order valence-corrected chi connectivity index (χ1v) is 25.4. The van der Waals surface area contributed by atoms with Gasteiger partial charge in [0.25, 0.3) is 11.8 Å². The van der Waals surface area contributed by atoms with Gasteiger partial charge in [0.1, 0.15) is 42.6 Å². The van der Waals surface area contributed by atoms with Gasteiger partial charge in [0.05, 0.1) is 26.2 Å². The molecule has 5 atom stereocenters. The summed E-state index contributed by atoms with van der Waals surface area (Å²) in [5.74, 6) is -4.93. The highest BCUT2D eigenvalue weighted by Gasteiger charge is 2.43. The highest BCUT2D eigenvalue weighted by molar-refractivity contribution is 6.38. The average Bonchev–Trinajstić information content (AvgIpc) is 3.41. The molecule has 0 saturated carbocycles. The van der Waals surface area contributed by atoms with Crippen LogP contribution in [0, 0.1) is 5.41 Å². The molecule has 20 nitrogen and oxygen atoms in total. The third-order valence-electron chi connectivity index (χ3n) is 13.3. The lowest BCUT2D eigenvalue weighted by Crippen LogP contribution is -2.57. The summed E-state index contributed by atoms with van der Waals surface area (Å²) in [7, 11) is 7.41. The molecule has 2 bridgehead atoms. The second-order valence-corrected chi connectivity index (χ2v) is 19.7. The minimum Gasteiger partial charge on any atom is -0.493 e. The van der Waals surface area contributed by atoms with E-state index in [0.29, 0.717) is 36.3 Å². The number of amides is 6. The number of rotatable bonds is 7. The largest absolute Gasteiger partial charge is 0.493 e. The van der Waals surface area contributed by atoms with E-state index in [-0.39, 0.29) is 44.5 Å². The van der Waals surface area contributed by atoms with Gasteiger partial charge in [-0.05, 0) is 107 Å². The monoisotopic (exact) mass is 1050 g/mol. The van der Waals surface area contributed by atoms with E-state index < -0.39 is 109 Å². The SMILES string of the molecule is COc1ccc(CC[C@H]2OC(=O)[C@@H]3CCCCN3C(=O)C(=O)C(C)(C)COC(=O)/C=C\CCN(C)C(=O)[C@H](C)NC(=O)[C@H](Cc3ccccc3)N(C)C(=O)[C@@H](C)NC(=O)CN(C)C(=O)COc3cccc2c3)cc1OC. The van der Waals surface area contributed by atoms with Crippen molar-refractivity contribution in [2.45, 2.75) is 103 Å². The molecule has 1 fully saturated rings. The number of nitrogens with one attached hydrogen (secondary N) is 2. The lowest BCUT2D eigenvalue weighted by atomic mass is 9.87. The first-order chi connectivity index (χ1) is 36.1. The standard InChI is InChI=1S/C56H72N6O14/c1-36-52(68)59(5)28-15-14-23-49(65)75-35-56(3,4)50(66)54(70)62-29-16-13-22-42(62)55(71)76-44(26-24-39-25-27-45(72-8)46(31-39)73-9)40-20-17-21-41(32-40)74-34-48(64)60(6)33-47(63)57-37(2)53(69)61(7)43(51(67)58-36)30-38-18-11-10-12-19-38/h10-12,14,17-21,23,25,27,31-32,36-37,42-44H,13,15-16,22,24,26,28-30,33-35H2,1-9H3,(H,57,63)(H,58,67)/b23-14-/t36-,37+,42-,43-,44+/m0/s1. The first kappa shape index (κ1) is 59.1. The Hall–Kier alpha value is -7.77. The zero-order valence-corrected chi connectivity index (χ0v) is 45.0. The van der Waals surface area contributed by atoms with Gasteiger partial charge < -0.3 is 53.9 Å². The maximum Gasteiger partial charge on any atom is 0.330 e. The predicted octanol–water partition coefficient (Wildman–Crippen LogP) is 3.78. The fourth-order valence-corrected chi connectivity index (χ4v) is 8.73. The number of hydrogen-bond donors (Lipinski definition) is 2. The maximum atomic E-state index is 14.3. The number of benzene rings is 3. The van der Waals surface area contributed by atoms with Crippen molar-refractivity contribution in [3.63, 3.8) is 0 Å². The molecule has 3 aromatic carbocycles. The van der Waals surface area contributed by atoms with Crippen molar-refractivity contribution in [3.8, 4) is 17.2 Å². The molecule has 1 saturated heterocycles. The highest BCUT2D eigenvalue weighted by Crippen LogP contribution is 2.33. The molecule has 2 aliphatic heterocycles. The van der Waals surface area contributed by atoms with Crippen molar-refractivity contribution >= 4 is 53.2 Å². The number of methoxy groups -OCH3 is 2. The molecule has 0 aliphatic carbocycles. The molecular formula is C56H72N6O14. The number of nitrogens with zero attached hydrogens (tertiary/aromatic N) is 4.